The maximum atomic E-state index is 3.66. The summed E-state index contributed by atoms with van der Waals surface area (Å²) in [5, 5.41) is 3.66. The average Bonchev–Trinajstić information content (AvgIpc) is 2.44. The highest BCUT2D eigenvalue weighted by atomic mass is 15.1. The smallest absolute Gasteiger partial charge is 0.0345 e. The molecule has 1 unspecified atom stereocenters. The van der Waals surface area contributed by atoms with Crippen LogP contribution in [0.4, 0.5) is 5.69 Å². The van der Waals surface area contributed by atoms with Crippen LogP contribution in [0.3, 0.4) is 0 Å². The molecule has 1 N–H and O–H groups in total. The van der Waals surface area contributed by atoms with E-state index in [4.69, 9.17) is 0 Å². The van der Waals surface area contributed by atoms with Crippen LogP contribution >= 0.6 is 0 Å². The van der Waals surface area contributed by atoms with Crippen molar-refractivity contribution in [3.05, 3.63) is 29.8 Å². The number of hydrogen-bond acceptors (Lipinski definition) is 2. The number of benzene rings is 1. The van der Waals surface area contributed by atoms with E-state index in [1.165, 1.54) is 30.5 Å². The number of rotatable bonds is 9. The van der Waals surface area contributed by atoms with Gasteiger partial charge in [-0.2, -0.15) is 0 Å². The van der Waals surface area contributed by atoms with Gasteiger partial charge in [0.1, 0.15) is 0 Å². The summed E-state index contributed by atoms with van der Waals surface area (Å²) >= 11 is 0. The Morgan fingerprint density at radius 1 is 1.11 bits per heavy atom. The minimum absolute atomic E-state index is 0.605. The third-order valence-electron chi connectivity index (χ3n) is 3.73. The van der Waals surface area contributed by atoms with Crippen molar-refractivity contribution in [2.75, 3.05) is 18.4 Å². The van der Waals surface area contributed by atoms with Crippen LogP contribution in [0.5, 0.6) is 0 Å². The molecular formula is C17H30N2. The molecule has 1 aromatic rings. The van der Waals surface area contributed by atoms with Crippen LogP contribution in [0, 0.1) is 0 Å². The van der Waals surface area contributed by atoms with Crippen LogP contribution in [0.15, 0.2) is 24.3 Å². The minimum Gasteiger partial charge on any atom is -0.382 e. The quantitative estimate of drug-likeness (QED) is 0.704. The SMILES string of the molecule is CCCC(CC)Nc1cccc(CN(CC)CC)c1. The van der Waals surface area contributed by atoms with Crippen molar-refractivity contribution in [1.29, 1.82) is 0 Å². The summed E-state index contributed by atoms with van der Waals surface area (Å²) in [6, 6.07) is 9.49. The molecule has 0 aromatic heterocycles. The molecule has 0 radical (unpaired) electrons. The second-order valence-corrected chi connectivity index (χ2v) is 5.20. The monoisotopic (exact) mass is 262 g/mol. The molecule has 1 rings (SSSR count). The van der Waals surface area contributed by atoms with Crippen LogP contribution in [0.1, 0.15) is 52.5 Å². The van der Waals surface area contributed by atoms with Gasteiger partial charge in [0.25, 0.3) is 0 Å². The zero-order valence-corrected chi connectivity index (χ0v) is 13.1. The number of nitrogens with one attached hydrogen (secondary N) is 1. The third kappa shape index (κ3) is 5.65. The van der Waals surface area contributed by atoms with Crippen molar-refractivity contribution in [3.63, 3.8) is 0 Å². The highest BCUT2D eigenvalue weighted by Gasteiger charge is 2.06. The first-order valence-corrected chi connectivity index (χ1v) is 7.81. The molecule has 19 heavy (non-hydrogen) atoms. The van der Waals surface area contributed by atoms with Gasteiger partial charge in [-0.1, -0.05) is 46.2 Å². The molecule has 0 heterocycles. The fourth-order valence-electron chi connectivity index (χ4n) is 2.43. The second-order valence-electron chi connectivity index (χ2n) is 5.20. The average molecular weight is 262 g/mol. The van der Waals surface area contributed by atoms with E-state index in [9.17, 15) is 0 Å². The van der Waals surface area contributed by atoms with Crippen molar-refractivity contribution in [3.8, 4) is 0 Å². The largest absolute Gasteiger partial charge is 0.382 e. The lowest BCUT2D eigenvalue weighted by molar-refractivity contribution is 0.296. The number of hydrogen-bond donors (Lipinski definition) is 1. The summed E-state index contributed by atoms with van der Waals surface area (Å²) in [4.78, 5) is 2.45. The maximum Gasteiger partial charge on any atom is 0.0345 e. The lowest BCUT2D eigenvalue weighted by Gasteiger charge is -2.20. The van der Waals surface area contributed by atoms with Gasteiger partial charge in [-0.05, 0) is 43.6 Å². The Bertz CT molecular complexity index is 345. The predicted octanol–water partition coefficient (Wildman–Crippen LogP) is 4.52. The van der Waals surface area contributed by atoms with Gasteiger partial charge in [-0.15, -0.1) is 0 Å². The Morgan fingerprint density at radius 2 is 1.84 bits per heavy atom. The van der Waals surface area contributed by atoms with Crippen LogP contribution in [-0.2, 0) is 6.54 Å². The van der Waals surface area contributed by atoms with Gasteiger partial charge in [-0.25, -0.2) is 0 Å². The molecule has 0 aliphatic heterocycles. The Morgan fingerprint density at radius 3 is 2.42 bits per heavy atom. The Balaban J connectivity index is 2.65. The van der Waals surface area contributed by atoms with Crippen molar-refractivity contribution < 1.29 is 0 Å². The van der Waals surface area contributed by atoms with Gasteiger partial charge < -0.3 is 5.32 Å². The van der Waals surface area contributed by atoms with Crippen molar-refractivity contribution >= 4 is 5.69 Å². The summed E-state index contributed by atoms with van der Waals surface area (Å²) in [6.45, 7) is 12.2. The molecule has 108 valence electrons. The van der Waals surface area contributed by atoms with E-state index in [-0.39, 0.29) is 0 Å². The third-order valence-corrected chi connectivity index (χ3v) is 3.73. The molecule has 0 spiro atoms. The molecule has 2 nitrogen and oxygen atoms in total. The van der Waals surface area contributed by atoms with Gasteiger partial charge in [0.05, 0.1) is 0 Å². The molecule has 0 aliphatic carbocycles. The molecule has 1 aromatic carbocycles. The normalized spacial score (nSPS) is 12.7. The second kappa shape index (κ2) is 8.98. The first-order chi connectivity index (χ1) is 9.23. The number of nitrogens with zero attached hydrogens (tertiary/aromatic N) is 1. The summed E-state index contributed by atoms with van der Waals surface area (Å²) in [5.74, 6) is 0. The standard InChI is InChI=1S/C17H30N2/c1-5-10-16(6-2)18-17-12-9-11-15(13-17)14-19(7-3)8-4/h9,11-13,16,18H,5-8,10,14H2,1-4H3. The molecule has 2 heteroatoms. The van der Waals surface area contributed by atoms with Crippen molar-refractivity contribution in [1.82, 2.24) is 4.90 Å². The zero-order chi connectivity index (χ0) is 14.1. The lowest BCUT2D eigenvalue weighted by atomic mass is 10.1. The van der Waals surface area contributed by atoms with Gasteiger partial charge in [0.15, 0.2) is 0 Å². The van der Waals surface area contributed by atoms with Crippen LogP contribution in [0.2, 0.25) is 0 Å². The fourth-order valence-corrected chi connectivity index (χ4v) is 2.43. The van der Waals surface area contributed by atoms with E-state index in [0.29, 0.717) is 6.04 Å². The highest BCUT2D eigenvalue weighted by Crippen LogP contribution is 2.16. The molecular weight excluding hydrogens is 232 g/mol. The summed E-state index contributed by atoms with van der Waals surface area (Å²) < 4.78 is 0. The molecule has 0 fully saturated rings. The summed E-state index contributed by atoms with van der Waals surface area (Å²) in [5.41, 5.74) is 2.67. The molecule has 0 bridgehead atoms. The lowest BCUT2D eigenvalue weighted by Crippen LogP contribution is -2.22. The zero-order valence-electron chi connectivity index (χ0n) is 13.1. The predicted molar refractivity (Wildman–Crippen MR) is 85.7 cm³/mol. The molecule has 1 atom stereocenters. The van der Waals surface area contributed by atoms with E-state index in [2.05, 4.69) is 62.2 Å². The van der Waals surface area contributed by atoms with E-state index in [0.717, 1.165) is 19.6 Å². The van der Waals surface area contributed by atoms with Crippen LogP contribution < -0.4 is 5.32 Å². The minimum atomic E-state index is 0.605. The van der Waals surface area contributed by atoms with E-state index >= 15 is 0 Å². The fraction of sp³-hybridized carbons (Fsp3) is 0.647. The molecule has 0 amide bonds. The number of anilines is 1. The van der Waals surface area contributed by atoms with Crippen molar-refractivity contribution in [2.24, 2.45) is 0 Å². The van der Waals surface area contributed by atoms with Crippen molar-refractivity contribution in [2.45, 2.75) is 59.5 Å². The first-order valence-electron chi connectivity index (χ1n) is 7.81. The summed E-state index contributed by atoms with van der Waals surface area (Å²) in [6.07, 6.45) is 3.68. The van der Waals surface area contributed by atoms with E-state index in [1.54, 1.807) is 0 Å². The molecule has 0 aliphatic rings. The Labute approximate surface area is 119 Å². The Hall–Kier alpha value is -1.02. The van der Waals surface area contributed by atoms with Crippen LogP contribution in [-0.4, -0.2) is 24.0 Å². The molecule has 0 saturated heterocycles. The van der Waals surface area contributed by atoms with Crippen LogP contribution in [0.25, 0.3) is 0 Å². The van der Waals surface area contributed by atoms with Gasteiger partial charge in [-0.3, -0.25) is 4.90 Å². The maximum absolute atomic E-state index is 3.66. The van der Waals surface area contributed by atoms with E-state index in [1.807, 2.05) is 0 Å². The topological polar surface area (TPSA) is 15.3 Å². The van der Waals surface area contributed by atoms with Gasteiger partial charge in [0, 0.05) is 18.3 Å². The first kappa shape index (κ1) is 16.0. The van der Waals surface area contributed by atoms with Gasteiger partial charge in [0.2, 0.25) is 0 Å². The molecule has 0 saturated carbocycles. The highest BCUT2D eigenvalue weighted by molar-refractivity contribution is 5.46. The summed E-state index contributed by atoms with van der Waals surface area (Å²) in [7, 11) is 0. The van der Waals surface area contributed by atoms with E-state index < -0.39 is 0 Å². The Kier molecular flexibility index (Phi) is 7.57. The van der Waals surface area contributed by atoms with Gasteiger partial charge >= 0.3 is 0 Å².